The van der Waals surface area contributed by atoms with E-state index in [1.807, 2.05) is 32.2 Å². The summed E-state index contributed by atoms with van der Waals surface area (Å²) >= 11 is 1.75. The molecule has 20 heavy (non-hydrogen) atoms. The zero-order valence-electron chi connectivity index (χ0n) is 11.5. The Morgan fingerprint density at radius 3 is 2.80 bits per heavy atom. The first-order valence-corrected chi connectivity index (χ1v) is 7.39. The molecule has 1 atom stereocenters. The van der Waals surface area contributed by atoms with Crippen molar-refractivity contribution in [2.45, 2.75) is 19.4 Å². The van der Waals surface area contributed by atoms with Crippen molar-refractivity contribution >= 4 is 21.6 Å². The molecule has 0 saturated carbocycles. The minimum absolute atomic E-state index is 0.164. The van der Waals surface area contributed by atoms with Crippen LogP contribution >= 0.6 is 11.3 Å². The second kappa shape index (κ2) is 5.64. The van der Waals surface area contributed by atoms with Crippen LogP contribution in [0.2, 0.25) is 0 Å². The zero-order chi connectivity index (χ0) is 13.9. The highest BCUT2D eigenvalue weighted by Crippen LogP contribution is 2.25. The van der Waals surface area contributed by atoms with Gasteiger partial charge in [0, 0.05) is 12.6 Å². The molecule has 0 radical (unpaired) electrons. The number of fused-ring (bicyclic) bond motifs is 1. The molecule has 0 aliphatic heterocycles. The maximum atomic E-state index is 4.68. The number of rotatable bonds is 4. The van der Waals surface area contributed by atoms with Crippen LogP contribution in [-0.2, 0) is 6.42 Å². The predicted octanol–water partition coefficient (Wildman–Crippen LogP) is 2.90. The summed E-state index contributed by atoms with van der Waals surface area (Å²) in [6, 6.07) is 10.4. The third-order valence-corrected chi connectivity index (χ3v) is 4.28. The van der Waals surface area contributed by atoms with Crippen LogP contribution in [0.1, 0.15) is 22.6 Å². The van der Waals surface area contributed by atoms with E-state index in [1.54, 1.807) is 17.5 Å². The third-order valence-electron chi connectivity index (χ3n) is 3.22. The van der Waals surface area contributed by atoms with Gasteiger partial charge in [0.1, 0.15) is 5.82 Å². The van der Waals surface area contributed by atoms with Crippen molar-refractivity contribution < 1.29 is 0 Å². The van der Waals surface area contributed by atoms with Crippen LogP contribution in [0.4, 0.5) is 0 Å². The molecule has 0 bridgehead atoms. The highest BCUT2D eigenvalue weighted by atomic mass is 32.1. The maximum Gasteiger partial charge on any atom is 0.125 e. The summed E-state index contributed by atoms with van der Waals surface area (Å²) in [6.45, 7) is 1.91. The van der Waals surface area contributed by atoms with Crippen molar-refractivity contribution in [3.8, 4) is 0 Å². The van der Waals surface area contributed by atoms with Crippen molar-refractivity contribution in [3.63, 3.8) is 0 Å². The lowest BCUT2D eigenvalue weighted by atomic mass is 10.1. The molecule has 0 aliphatic carbocycles. The Morgan fingerprint density at radius 1 is 1.20 bits per heavy atom. The molecule has 4 nitrogen and oxygen atoms in total. The maximum absolute atomic E-state index is 4.68. The second-order valence-corrected chi connectivity index (χ2v) is 5.76. The number of aromatic nitrogens is 3. The molecular formula is C15H16N4S. The highest BCUT2D eigenvalue weighted by Gasteiger charge is 2.14. The third kappa shape index (κ3) is 2.69. The van der Waals surface area contributed by atoms with E-state index in [-0.39, 0.29) is 6.04 Å². The largest absolute Gasteiger partial charge is 0.311 e. The van der Waals surface area contributed by atoms with E-state index in [2.05, 4.69) is 32.4 Å². The summed E-state index contributed by atoms with van der Waals surface area (Å²) < 4.78 is 1.23. The number of aryl methyl sites for hydroxylation is 1. The van der Waals surface area contributed by atoms with E-state index < -0.39 is 0 Å². The fourth-order valence-electron chi connectivity index (χ4n) is 2.20. The lowest BCUT2D eigenvalue weighted by molar-refractivity contribution is 0.571. The Balaban J connectivity index is 1.87. The topological polar surface area (TPSA) is 50.7 Å². The number of likely N-dealkylation sites (N-methyl/N-ethyl adjacent to an activating group) is 1. The molecule has 0 spiro atoms. The van der Waals surface area contributed by atoms with E-state index in [9.17, 15) is 0 Å². The SMILES string of the molecule is CNC(Cc1nc2ccccc2s1)c1ccnc(C)n1. The molecule has 5 heteroatoms. The van der Waals surface area contributed by atoms with Crippen LogP contribution in [-0.4, -0.2) is 22.0 Å². The van der Waals surface area contributed by atoms with Gasteiger partial charge in [0.25, 0.3) is 0 Å². The highest BCUT2D eigenvalue weighted by molar-refractivity contribution is 7.18. The minimum atomic E-state index is 0.164. The normalized spacial score (nSPS) is 12.7. The van der Waals surface area contributed by atoms with Crippen molar-refractivity contribution in [1.82, 2.24) is 20.3 Å². The average Bonchev–Trinajstić information content (AvgIpc) is 2.87. The number of nitrogens with zero attached hydrogens (tertiary/aromatic N) is 3. The molecule has 2 heterocycles. The van der Waals surface area contributed by atoms with Crippen LogP contribution in [0.3, 0.4) is 0 Å². The predicted molar refractivity (Wildman–Crippen MR) is 81.9 cm³/mol. The number of nitrogens with one attached hydrogen (secondary N) is 1. The smallest absolute Gasteiger partial charge is 0.125 e. The van der Waals surface area contributed by atoms with E-state index in [4.69, 9.17) is 0 Å². The van der Waals surface area contributed by atoms with E-state index in [0.29, 0.717) is 0 Å². The van der Waals surface area contributed by atoms with Gasteiger partial charge in [0.05, 0.1) is 27.0 Å². The Kier molecular flexibility index (Phi) is 3.71. The Bertz CT molecular complexity index is 689. The number of thiazole rings is 1. The quantitative estimate of drug-likeness (QED) is 0.800. The summed E-state index contributed by atoms with van der Waals surface area (Å²) in [5, 5.41) is 4.44. The van der Waals surface area contributed by atoms with Gasteiger partial charge in [-0.2, -0.15) is 0 Å². The Labute approximate surface area is 121 Å². The van der Waals surface area contributed by atoms with Gasteiger partial charge in [0.2, 0.25) is 0 Å². The average molecular weight is 284 g/mol. The van der Waals surface area contributed by atoms with Crippen LogP contribution in [0.25, 0.3) is 10.2 Å². The summed E-state index contributed by atoms with van der Waals surface area (Å²) in [5.41, 5.74) is 2.08. The first kappa shape index (κ1) is 13.1. The number of hydrogen-bond donors (Lipinski definition) is 1. The first-order chi connectivity index (χ1) is 9.76. The van der Waals surface area contributed by atoms with Crippen molar-refractivity contribution in [3.05, 3.63) is 53.1 Å². The summed E-state index contributed by atoms with van der Waals surface area (Å²) in [4.78, 5) is 13.3. The monoisotopic (exact) mass is 284 g/mol. The lowest BCUT2D eigenvalue weighted by Crippen LogP contribution is -2.20. The molecule has 3 aromatic rings. The molecule has 0 aliphatic rings. The number of para-hydroxylation sites is 1. The van der Waals surface area contributed by atoms with Crippen LogP contribution in [0.5, 0.6) is 0 Å². The summed E-state index contributed by atoms with van der Waals surface area (Å²) in [6.07, 6.45) is 2.65. The van der Waals surface area contributed by atoms with E-state index in [0.717, 1.165) is 28.5 Å². The Morgan fingerprint density at radius 2 is 2.05 bits per heavy atom. The van der Waals surface area contributed by atoms with Gasteiger partial charge in [-0.25, -0.2) is 15.0 Å². The van der Waals surface area contributed by atoms with Crippen molar-refractivity contribution in [2.75, 3.05) is 7.05 Å². The molecule has 102 valence electrons. The van der Waals surface area contributed by atoms with Gasteiger partial charge in [-0.05, 0) is 32.2 Å². The molecule has 0 fully saturated rings. The van der Waals surface area contributed by atoms with Gasteiger partial charge in [0.15, 0.2) is 0 Å². The van der Waals surface area contributed by atoms with Crippen LogP contribution in [0, 0.1) is 6.92 Å². The molecule has 3 rings (SSSR count). The van der Waals surface area contributed by atoms with Crippen molar-refractivity contribution in [2.24, 2.45) is 0 Å². The van der Waals surface area contributed by atoms with Crippen LogP contribution in [0.15, 0.2) is 36.5 Å². The first-order valence-electron chi connectivity index (χ1n) is 6.57. The minimum Gasteiger partial charge on any atom is -0.311 e. The van der Waals surface area contributed by atoms with Gasteiger partial charge >= 0.3 is 0 Å². The Hall–Kier alpha value is -1.85. The standard InChI is InChI=1S/C15H16N4S/c1-10-17-8-7-11(18-10)13(16-2)9-15-19-12-5-3-4-6-14(12)20-15/h3-8,13,16H,9H2,1-2H3. The van der Waals surface area contributed by atoms with Gasteiger partial charge < -0.3 is 5.32 Å². The number of benzene rings is 1. The fourth-order valence-corrected chi connectivity index (χ4v) is 3.22. The number of hydrogen-bond acceptors (Lipinski definition) is 5. The summed E-state index contributed by atoms with van der Waals surface area (Å²) in [7, 11) is 1.95. The molecule has 1 unspecified atom stereocenters. The summed E-state index contributed by atoms with van der Waals surface area (Å²) in [5.74, 6) is 0.798. The lowest BCUT2D eigenvalue weighted by Gasteiger charge is -2.14. The molecular weight excluding hydrogens is 268 g/mol. The van der Waals surface area contributed by atoms with Gasteiger partial charge in [-0.15, -0.1) is 11.3 Å². The fraction of sp³-hybridized carbons (Fsp3) is 0.267. The van der Waals surface area contributed by atoms with Crippen LogP contribution < -0.4 is 5.32 Å². The zero-order valence-corrected chi connectivity index (χ0v) is 12.3. The van der Waals surface area contributed by atoms with Gasteiger partial charge in [-0.3, -0.25) is 0 Å². The van der Waals surface area contributed by atoms with Crippen molar-refractivity contribution in [1.29, 1.82) is 0 Å². The van der Waals surface area contributed by atoms with E-state index >= 15 is 0 Å². The molecule has 1 aromatic carbocycles. The second-order valence-electron chi connectivity index (χ2n) is 4.65. The molecule has 1 N–H and O–H groups in total. The molecule has 2 aromatic heterocycles. The molecule has 0 saturated heterocycles. The van der Waals surface area contributed by atoms with E-state index in [1.165, 1.54) is 4.70 Å². The van der Waals surface area contributed by atoms with Gasteiger partial charge in [-0.1, -0.05) is 12.1 Å². The molecule has 0 amide bonds.